The van der Waals surface area contributed by atoms with Crippen LogP contribution in [0.4, 0.5) is 0 Å². The number of aromatic nitrogens is 3. The van der Waals surface area contributed by atoms with Crippen LogP contribution in [0.15, 0.2) is 70.2 Å². The van der Waals surface area contributed by atoms with E-state index in [4.69, 9.17) is 4.52 Å². The highest BCUT2D eigenvalue weighted by molar-refractivity contribution is 5.87. The highest BCUT2D eigenvalue weighted by atomic mass is 16.5. The number of nitrogens with one attached hydrogen (secondary N) is 1. The minimum Gasteiger partial charge on any atom is -0.350 e. The summed E-state index contributed by atoms with van der Waals surface area (Å²) in [6.45, 7) is 4.22. The SMILES string of the molecule is CCc1ccc(-c2noc3c(=O)n(CCC(=O)NC(C)c4ccccc4)cnc23)cc1. The van der Waals surface area contributed by atoms with Gasteiger partial charge in [0.05, 0.1) is 12.4 Å². The Morgan fingerprint density at radius 3 is 2.58 bits per heavy atom. The number of nitrogens with zero attached hydrogens (tertiary/aromatic N) is 3. The summed E-state index contributed by atoms with van der Waals surface area (Å²) in [7, 11) is 0. The van der Waals surface area contributed by atoms with Crippen LogP contribution >= 0.6 is 0 Å². The molecule has 158 valence electrons. The minimum absolute atomic E-state index is 0.0927. The monoisotopic (exact) mass is 416 g/mol. The first-order chi connectivity index (χ1) is 15.1. The second-order valence-electron chi connectivity index (χ2n) is 7.45. The molecule has 1 atom stereocenters. The molecule has 0 bridgehead atoms. The van der Waals surface area contributed by atoms with E-state index in [1.165, 1.54) is 16.5 Å². The van der Waals surface area contributed by atoms with Gasteiger partial charge in [0.25, 0.3) is 11.1 Å². The maximum atomic E-state index is 12.8. The zero-order chi connectivity index (χ0) is 21.8. The van der Waals surface area contributed by atoms with Crippen molar-refractivity contribution in [1.82, 2.24) is 20.0 Å². The van der Waals surface area contributed by atoms with Crippen molar-refractivity contribution in [3.05, 3.63) is 82.4 Å². The molecule has 0 saturated carbocycles. The number of fused-ring (bicyclic) bond motifs is 1. The second kappa shape index (κ2) is 8.95. The van der Waals surface area contributed by atoms with Gasteiger partial charge in [-0.25, -0.2) is 4.98 Å². The van der Waals surface area contributed by atoms with Crippen molar-refractivity contribution in [3.8, 4) is 11.3 Å². The lowest BCUT2D eigenvalue weighted by molar-refractivity contribution is -0.121. The zero-order valence-corrected chi connectivity index (χ0v) is 17.5. The van der Waals surface area contributed by atoms with Crippen LogP contribution < -0.4 is 10.9 Å². The molecule has 4 rings (SSSR count). The Hall–Kier alpha value is -3.74. The maximum Gasteiger partial charge on any atom is 0.299 e. The molecule has 0 aliphatic heterocycles. The van der Waals surface area contributed by atoms with Gasteiger partial charge < -0.3 is 9.84 Å². The van der Waals surface area contributed by atoms with E-state index in [1.54, 1.807) is 0 Å². The number of aryl methyl sites for hydroxylation is 2. The molecule has 0 aliphatic rings. The molecule has 0 aliphatic carbocycles. The van der Waals surface area contributed by atoms with Gasteiger partial charge in [0.15, 0.2) is 0 Å². The summed E-state index contributed by atoms with van der Waals surface area (Å²) < 4.78 is 6.69. The molecule has 0 spiro atoms. The van der Waals surface area contributed by atoms with Crippen molar-refractivity contribution in [2.24, 2.45) is 0 Å². The number of rotatable bonds is 7. The molecule has 0 saturated heterocycles. The lowest BCUT2D eigenvalue weighted by atomic mass is 10.1. The van der Waals surface area contributed by atoms with Crippen molar-refractivity contribution in [2.75, 3.05) is 0 Å². The Kier molecular flexibility index (Phi) is 5.93. The van der Waals surface area contributed by atoms with Gasteiger partial charge in [-0.3, -0.25) is 14.2 Å². The summed E-state index contributed by atoms with van der Waals surface area (Å²) in [5.41, 5.74) is 3.79. The third kappa shape index (κ3) is 4.40. The molecular formula is C24H24N4O3. The van der Waals surface area contributed by atoms with Gasteiger partial charge in [-0.05, 0) is 24.5 Å². The van der Waals surface area contributed by atoms with Crippen LogP contribution in [-0.2, 0) is 17.8 Å². The first-order valence-corrected chi connectivity index (χ1v) is 10.3. The normalized spacial score (nSPS) is 12.1. The first kappa shape index (κ1) is 20.5. The molecule has 1 unspecified atom stereocenters. The number of carbonyl (C=O) groups is 1. The van der Waals surface area contributed by atoms with Crippen molar-refractivity contribution in [2.45, 2.75) is 39.3 Å². The Bertz CT molecular complexity index is 1240. The third-order valence-corrected chi connectivity index (χ3v) is 5.34. The Morgan fingerprint density at radius 1 is 1.13 bits per heavy atom. The molecule has 31 heavy (non-hydrogen) atoms. The van der Waals surface area contributed by atoms with Gasteiger partial charge in [0.2, 0.25) is 5.91 Å². The van der Waals surface area contributed by atoms with E-state index in [0.717, 1.165) is 17.5 Å². The number of hydrogen-bond acceptors (Lipinski definition) is 5. The molecule has 7 nitrogen and oxygen atoms in total. The summed E-state index contributed by atoms with van der Waals surface area (Å²) >= 11 is 0. The smallest absolute Gasteiger partial charge is 0.299 e. The Balaban J connectivity index is 1.47. The van der Waals surface area contributed by atoms with Crippen LogP contribution in [0.1, 0.15) is 37.4 Å². The average molecular weight is 416 g/mol. The Morgan fingerprint density at radius 2 is 1.87 bits per heavy atom. The maximum absolute atomic E-state index is 12.8. The molecule has 1 amide bonds. The van der Waals surface area contributed by atoms with Crippen LogP contribution in [0, 0.1) is 0 Å². The van der Waals surface area contributed by atoms with Gasteiger partial charge >= 0.3 is 0 Å². The molecule has 4 aromatic rings. The minimum atomic E-state index is -0.349. The Labute approximate surface area is 179 Å². The summed E-state index contributed by atoms with van der Waals surface area (Å²) in [6, 6.07) is 17.5. The fourth-order valence-electron chi connectivity index (χ4n) is 3.46. The third-order valence-electron chi connectivity index (χ3n) is 5.34. The molecule has 2 aromatic heterocycles. The summed E-state index contributed by atoms with van der Waals surface area (Å²) in [5, 5.41) is 7.01. The largest absolute Gasteiger partial charge is 0.350 e. The number of benzene rings is 2. The van der Waals surface area contributed by atoms with Crippen molar-refractivity contribution >= 4 is 17.0 Å². The van der Waals surface area contributed by atoms with Crippen LogP contribution in [0.2, 0.25) is 0 Å². The predicted molar refractivity (Wildman–Crippen MR) is 118 cm³/mol. The molecular weight excluding hydrogens is 392 g/mol. The predicted octanol–water partition coefficient (Wildman–Crippen LogP) is 3.88. The average Bonchev–Trinajstić information content (AvgIpc) is 3.24. The first-order valence-electron chi connectivity index (χ1n) is 10.3. The molecule has 2 aromatic carbocycles. The number of carbonyl (C=O) groups excluding carboxylic acids is 1. The summed E-state index contributed by atoms with van der Waals surface area (Å²) in [4.78, 5) is 29.5. The summed E-state index contributed by atoms with van der Waals surface area (Å²) in [5.74, 6) is -0.141. The standard InChI is InChI=1S/C24H24N4O3/c1-3-17-9-11-19(12-10-17)21-22-23(31-27-21)24(30)28(15-25-22)14-13-20(29)26-16(2)18-7-5-4-6-8-18/h4-12,15-16H,3,13-14H2,1-2H3,(H,26,29). The fourth-order valence-corrected chi connectivity index (χ4v) is 3.46. The van der Waals surface area contributed by atoms with Crippen molar-refractivity contribution in [1.29, 1.82) is 0 Å². The van der Waals surface area contributed by atoms with E-state index in [-0.39, 0.29) is 36.1 Å². The summed E-state index contributed by atoms with van der Waals surface area (Å²) in [6.07, 6.45) is 2.55. The van der Waals surface area contributed by atoms with Gasteiger partial charge in [-0.2, -0.15) is 0 Å². The molecule has 7 heteroatoms. The zero-order valence-electron chi connectivity index (χ0n) is 17.5. The lowest BCUT2D eigenvalue weighted by Gasteiger charge is -2.14. The van der Waals surface area contributed by atoms with Gasteiger partial charge in [0, 0.05) is 18.5 Å². The topological polar surface area (TPSA) is 90.0 Å². The molecule has 0 radical (unpaired) electrons. The van der Waals surface area contributed by atoms with E-state index in [1.807, 2.05) is 61.5 Å². The van der Waals surface area contributed by atoms with E-state index in [9.17, 15) is 9.59 Å². The van der Waals surface area contributed by atoms with Gasteiger partial charge in [-0.1, -0.05) is 66.7 Å². The molecule has 1 N–H and O–H groups in total. The highest BCUT2D eigenvalue weighted by Crippen LogP contribution is 2.24. The quantitative estimate of drug-likeness (QED) is 0.494. The number of hydrogen-bond donors (Lipinski definition) is 1. The number of amides is 1. The lowest BCUT2D eigenvalue weighted by Crippen LogP contribution is -2.29. The highest BCUT2D eigenvalue weighted by Gasteiger charge is 2.17. The van der Waals surface area contributed by atoms with Gasteiger partial charge in [-0.15, -0.1) is 0 Å². The molecule has 0 fully saturated rings. The van der Waals surface area contributed by atoms with Crippen molar-refractivity contribution < 1.29 is 9.32 Å². The van der Waals surface area contributed by atoms with E-state index >= 15 is 0 Å². The second-order valence-corrected chi connectivity index (χ2v) is 7.45. The van der Waals surface area contributed by atoms with Crippen LogP contribution in [-0.4, -0.2) is 20.6 Å². The molecule has 2 heterocycles. The van der Waals surface area contributed by atoms with E-state index in [0.29, 0.717) is 11.2 Å². The fraction of sp³-hybridized carbons (Fsp3) is 0.250. The van der Waals surface area contributed by atoms with Crippen LogP contribution in [0.5, 0.6) is 0 Å². The van der Waals surface area contributed by atoms with Crippen LogP contribution in [0.25, 0.3) is 22.4 Å². The van der Waals surface area contributed by atoms with Gasteiger partial charge in [0.1, 0.15) is 11.2 Å². The van der Waals surface area contributed by atoms with E-state index < -0.39 is 0 Å². The van der Waals surface area contributed by atoms with E-state index in [2.05, 4.69) is 22.4 Å². The van der Waals surface area contributed by atoms with Crippen LogP contribution in [0.3, 0.4) is 0 Å². The van der Waals surface area contributed by atoms with Crippen molar-refractivity contribution in [3.63, 3.8) is 0 Å².